The van der Waals surface area contributed by atoms with Crippen LogP contribution in [0.2, 0.25) is 0 Å². The van der Waals surface area contributed by atoms with Crippen molar-refractivity contribution in [3.63, 3.8) is 0 Å². The Bertz CT molecular complexity index is 354. The molecule has 1 atom stereocenters. The third-order valence-electron chi connectivity index (χ3n) is 2.13. The van der Waals surface area contributed by atoms with Crippen LogP contribution >= 0.6 is 0 Å². The lowest BCUT2D eigenvalue weighted by atomic mass is 10.1. The highest BCUT2D eigenvalue weighted by atomic mass is 19.1. The smallest absolute Gasteiger partial charge is 0.246 e. The number of morpholine rings is 1. The van der Waals surface area contributed by atoms with Crippen LogP contribution in [0.4, 0.5) is 4.39 Å². The van der Waals surface area contributed by atoms with Crippen LogP contribution in [0.5, 0.6) is 0 Å². The van der Waals surface area contributed by atoms with Crippen LogP contribution in [0.25, 0.3) is 0 Å². The predicted octanol–water partition coefficient (Wildman–Crippen LogP) is 1.01. The number of hydrogen-bond acceptors (Lipinski definition) is 2. The van der Waals surface area contributed by atoms with Crippen molar-refractivity contribution < 1.29 is 13.9 Å². The van der Waals surface area contributed by atoms with Crippen LogP contribution in [0.1, 0.15) is 11.6 Å². The van der Waals surface area contributed by atoms with Crippen molar-refractivity contribution in [1.29, 1.82) is 0 Å². The van der Waals surface area contributed by atoms with Gasteiger partial charge >= 0.3 is 0 Å². The minimum absolute atomic E-state index is 0.0605. The summed E-state index contributed by atoms with van der Waals surface area (Å²) in [5.41, 5.74) is 0.473. The Morgan fingerprint density at radius 2 is 2.21 bits per heavy atom. The largest absolute Gasteiger partial charge is 0.369 e. The summed E-state index contributed by atoms with van der Waals surface area (Å²) in [4.78, 5) is 11.0. The fourth-order valence-corrected chi connectivity index (χ4v) is 1.47. The number of benzene rings is 1. The SMILES string of the molecule is O=C1COC[C@H](c2ccccc2F)N1. The molecule has 1 heterocycles. The highest BCUT2D eigenvalue weighted by Crippen LogP contribution is 2.18. The van der Waals surface area contributed by atoms with Crippen LogP contribution in [0.15, 0.2) is 24.3 Å². The van der Waals surface area contributed by atoms with Crippen molar-refractivity contribution >= 4 is 5.91 Å². The summed E-state index contributed by atoms with van der Waals surface area (Å²) in [7, 11) is 0. The zero-order valence-electron chi connectivity index (χ0n) is 7.50. The highest BCUT2D eigenvalue weighted by molar-refractivity contribution is 5.78. The normalized spacial score (nSPS) is 21.8. The van der Waals surface area contributed by atoms with Crippen LogP contribution in [0, 0.1) is 5.82 Å². The first-order chi connectivity index (χ1) is 6.77. The van der Waals surface area contributed by atoms with Crippen LogP contribution < -0.4 is 5.32 Å². The fourth-order valence-electron chi connectivity index (χ4n) is 1.47. The molecule has 0 saturated carbocycles. The molecular weight excluding hydrogens is 185 g/mol. The van der Waals surface area contributed by atoms with E-state index in [1.54, 1.807) is 18.2 Å². The first-order valence-corrected chi connectivity index (χ1v) is 4.39. The Hall–Kier alpha value is -1.42. The van der Waals surface area contributed by atoms with E-state index in [1.165, 1.54) is 6.07 Å². The molecule has 0 unspecified atom stereocenters. The van der Waals surface area contributed by atoms with Crippen molar-refractivity contribution in [2.24, 2.45) is 0 Å². The Labute approximate surface area is 80.9 Å². The summed E-state index contributed by atoms with van der Waals surface area (Å²) in [6, 6.07) is 6.01. The summed E-state index contributed by atoms with van der Waals surface area (Å²) >= 11 is 0. The molecule has 74 valence electrons. The maximum absolute atomic E-state index is 13.3. The fraction of sp³-hybridized carbons (Fsp3) is 0.300. The topological polar surface area (TPSA) is 38.3 Å². The van der Waals surface area contributed by atoms with Gasteiger partial charge < -0.3 is 10.1 Å². The summed E-state index contributed by atoms with van der Waals surface area (Å²) < 4.78 is 18.3. The number of nitrogens with one attached hydrogen (secondary N) is 1. The maximum atomic E-state index is 13.3. The van der Waals surface area contributed by atoms with Gasteiger partial charge in [-0.3, -0.25) is 4.79 Å². The zero-order chi connectivity index (χ0) is 9.97. The van der Waals surface area contributed by atoms with E-state index in [4.69, 9.17) is 4.74 Å². The third-order valence-corrected chi connectivity index (χ3v) is 2.13. The lowest BCUT2D eigenvalue weighted by Crippen LogP contribution is -2.40. The van der Waals surface area contributed by atoms with Gasteiger partial charge in [0.25, 0.3) is 0 Å². The number of rotatable bonds is 1. The van der Waals surface area contributed by atoms with Gasteiger partial charge in [-0.15, -0.1) is 0 Å². The molecule has 2 rings (SSSR count). The molecule has 0 spiro atoms. The number of hydrogen-bond donors (Lipinski definition) is 1. The van der Waals surface area contributed by atoms with E-state index in [0.717, 1.165) is 0 Å². The molecule has 1 N–H and O–H groups in total. The average Bonchev–Trinajstić information content (AvgIpc) is 2.18. The number of carbonyl (C=O) groups excluding carboxylic acids is 1. The van der Waals surface area contributed by atoms with Gasteiger partial charge in [-0.2, -0.15) is 0 Å². The summed E-state index contributed by atoms with van der Waals surface area (Å²) in [6.45, 7) is 0.387. The van der Waals surface area contributed by atoms with Crippen LogP contribution in [0.3, 0.4) is 0 Å². The molecule has 1 saturated heterocycles. The Balaban J connectivity index is 2.22. The monoisotopic (exact) mass is 195 g/mol. The van der Waals surface area contributed by atoms with Crippen molar-refractivity contribution in [1.82, 2.24) is 5.32 Å². The lowest BCUT2D eigenvalue weighted by Gasteiger charge is -2.23. The molecule has 0 radical (unpaired) electrons. The third kappa shape index (κ3) is 1.75. The Kier molecular flexibility index (Phi) is 2.45. The first-order valence-electron chi connectivity index (χ1n) is 4.39. The molecule has 1 aromatic rings. The van der Waals surface area contributed by atoms with Crippen molar-refractivity contribution in [3.05, 3.63) is 35.6 Å². The highest BCUT2D eigenvalue weighted by Gasteiger charge is 2.22. The van der Waals surface area contributed by atoms with Crippen LogP contribution in [-0.2, 0) is 9.53 Å². The van der Waals surface area contributed by atoms with Gasteiger partial charge in [0.2, 0.25) is 5.91 Å². The lowest BCUT2D eigenvalue weighted by molar-refractivity contribution is -0.131. The number of ether oxygens (including phenoxy) is 1. The van der Waals surface area contributed by atoms with E-state index in [2.05, 4.69) is 5.32 Å². The van der Waals surface area contributed by atoms with E-state index >= 15 is 0 Å². The number of amides is 1. The molecular formula is C10H10FNO2. The molecule has 1 aliphatic rings. The van der Waals surface area contributed by atoms with Gasteiger partial charge in [0.1, 0.15) is 12.4 Å². The van der Waals surface area contributed by atoms with Crippen LogP contribution in [-0.4, -0.2) is 19.1 Å². The van der Waals surface area contributed by atoms with E-state index in [9.17, 15) is 9.18 Å². The van der Waals surface area contributed by atoms with Crippen molar-refractivity contribution in [2.75, 3.05) is 13.2 Å². The van der Waals surface area contributed by atoms with Crippen molar-refractivity contribution in [3.8, 4) is 0 Å². The van der Waals surface area contributed by atoms with Gasteiger partial charge in [0, 0.05) is 5.56 Å². The summed E-state index contributed by atoms with van der Waals surface area (Å²) in [5.74, 6) is -0.521. The quantitative estimate of drug-likeness (QED) is 0.726. The van der Waals surface area contributed by atoms with Gasteiger partial charge in [0.05, 0.1) is 12.6 Å². The molecule has 14 heavy (non-hydrogen) atoms. The molecule has 1 aliphatic heterocycles. The zero-order valence-corrected chi connectivity index (χ0v) is 7.50. The second-order valence-corrected chi connectivity index (χ2v) is 3.16. The summed E-state index contributed by atoms with van der Waals surface area (Å²) in [6.07, 6.45) is 0. The van der Waals surface area contributed by atoms with Gasteiger partial charge in [0.15, 0.2) is 0 Å². The van der Waals surface area contributed by atoms with E-state index < -0.39 is 0 Å². The molecule has 0 aliphatic carbocycles. The van der Waals surface area contributed by atoms with Crippen molar-refractivity contribution in [2.45, 2.75) is 6.04 Å². The average molecular weight is 195 g/mol. The van der Waals surface area contributed by atoms with E-state index in [1.807, 2.05) is 0 Å². The molecule has 1 amide bonds. The predicted molar refractivity (Wildman–Crippen MR) is 48.1 cm³/mol. The number of carbonyl (C=O) groups is 1. The minimum atomic E-state index is -0.363. The molecule has 1 fully saturated rings. The Morgan fingerprint density at radius 3 is 2.93 bits per heavy atom. The number of halogens is 1. The molecule has 0 aromatic heterocycles. The summed E-state index contributed by atoms with van der Waals surface area (Å²) in [5, 5.41) is 2.67. The molecule has 4 heteroatoms. The molecule has 3 nitrogen and oxygen atoms in total. The Morgan fingerprint density at radius 1 is 1.43 bits per heavy atom. The van der Waals surface area contributed by atoms with Gasteiger partial charge in [-0.1, -0.05) is 18.2 Å². The standard InChI is InChI=1S/C10H10FNO2/c11-8-4-2-1-3-7(8)9-5-14-6-10(13)12-9/h1-4,9H,5-6H2,(H,12,13)/t9-/m1/s1. The first kappa shape index (κ1) is 9.15. The molecule has 1 aromatic carbocycles. The second kappa shape index (κ2) is 3.75. The minimum Gasteiger partial charge on any atom is -0.369 e. The molecule has 0 bridgehead atoms. The van der Waals surface area contributed by atoms with E-state index in [0.29, 0.717) is 12.2 Å². The second-order valence-electron chi connectivity index (χ2n) is 3.16. The maximum Gasteiger partial charge on any atom is 0.246 e. The van der Waals surface area contributed by atoms with Gasteiger partial charge in [-0.05, 0) is 6.07 Å². The van der Waals surface area contributed by atoms with E-state index in [-0.39, 0.29) is 24.4 Å². The van der Waals surface area contributed by atoms with Gasteiger partial charge in [-0.25, -0.2) is 4.39 Å².